The average Bonchev–Trinajstić information content (AvgIpc) is 2.68. The van der Waals surface area contributed by atoms with E-state index in [-0.39, 0.29) is 29.9 Å². The molecule has 0 spiro atoms. The maximum atomic E-state index is 12.7. The fraction of sp³-hybridized carbons (Fsp3) is 0.381. The van der Waals surface area contributed by atoms with Crippen LogP contribution in [0.1, 0.15) is 18.1 Å². The van der Waals surface area contributed by atoms with Gasteiger partial charge in [-0.3, -0.25) is 14.2 Å². The highest BCUT2D eigenvalue weighted by molar-refractivity contribution is 9.10. The van der Waals surface area contributed by atoms with E-state index < -0.39 is 15.9 Å². The molecule has 3 rings (SSSR count). The van der Waals surface area contributed by atoms with Gasteiger partial charge in [-0.25, -0.2) is 0 Å². The fourth-order valence-electron chi connectivity index (χ4n) is 3.62. The number of halogens is 2. The molecule has 1 heterocycles. The van der Waals surface area contributed by atoms with Crippen molar-refractivity contribution >= 4 is 43.6 Å². The molecule has 1 aliphatic rings. The Balaban J connectivity index is 1.56. The molecule has 1 amide bonds. The number of hydrogen-bond donors (Lipinski definition) is 1. The van der Waals surface area contributed by atoms with E-state index in [2.05, 4.69) is 20.8 Å². The minimum atomic E-state index is -4.23. The molecule has 2 aromatic rings. The summed E-state index contributed by atoms with van der Waals surface area (Å²) < 4.78 is 38.0. The Kier molecular flexibility index (Phi) is 7.98. The normalized spacial score (nSPS) is 17.5. The van der Waals surface area contributed by atoms with Crippen molar-refractivity contribution in [2.45, 2.75) is 25.3 Å². The quantitative estimate of drug-likeness (QED) is 0.550. The Hall–Kier alpha value is -1.65. The van der Waals surface area contributed by atoms with Gasteiger partial charge in [0.1, 0.15) is 11.5 Å². The van der Waals surface area contributed by atoms with E-state index in [0.29, 0.717) is 16.0 Å². The summed E-state index contributed by atoms with van der Waals surface area (Å²) in [5, 5.41) is 0.707. The molecule has 31 heavy (non-hydrogen) atoms. The SMILES string of the molecule is CC1CN(Cc2ccc(Cl)cc2)CCN1C(=O)COc1ccc(Br)cc1CS(=O)(=O)O. The van der Waals surface area contributed by atoms with Crippen LogP contribution in [0.2, 0.25) is 5.02 Å². The van der Waals surface area contributed by atoms with Crippen LogP contribution in [0.3, 0.4) is 0 Å². The van der Waals surface area contributed by atoms with Crippen LogP contribution in [0.25, 0.3) is 0 Å². The molecule has 0 saturated carbocycles. The van der Waals surface area contributed by atoms with E-state index >= 15 is 0 Å². The molecule has 7 nitrogen and oxygen atoms in total. The first-order chi connectivity index (χ1) is 14.6. The fourth-order valence-corrected chi connectivity index (χ4v) is 4.77. The van der Waals surface area contributed by atoms with Crippen molar-refractivity contribution in [1.29, 1.82) is 0 Å². The average molecular weight is 532 g/mol. The Bertz CT molecular complexity index is 1030. The largest absolute Gasteiger partial charge is 0.483 e. The highest BCUT2D eigenvalue weighted by atomic mass is 79.9. The van der Waals surface area contributed by atoms with Gasteiger partial charge in [-0.15, -0.1) is 0 Å². The highest BCUT2D eigenvalue weighted by Crippen LogP contribution is 2.25. The topological polar surface area (TPSA) is 87.2 Å². The molecule has 1 unspecified atom stereocenters. The Morgan fingerprint density at radius 2 is 1.94 bits per heavy atom. The molecular formula is C21H24BrClN2O5S. The zero-order chi connectivity index (χ0) is 22.6. The summed E-state index contributed by atoms with van der Waals surface area (Å²) in [7, 11) is -4.23. The Morgan fingerprint density at radius 3 is 2.58 bits per heavy atom. The summed E-state index contributed by atoms with van der Waals surface area (Å²) in [6.45, 7) is 4.63. The second-order valence-corrected chi connectivity index (χ2v) is 10.4. The third kappa shape index (κ3) is 7.18. The zero-order valence-corrected chi connectivity index (χ0v) is 20.2. The minimum Gasteiger partial charge on any atom is -0.483 e. The first-order valence-corrected chi connectivity index (χ1v) is 12.5. The number of carbonyl (C=O) groups excluding carboxylic acids is 1. The molecular weight excluding hydrogens is 508 g/mol. The molecule has 2 aromatic carbocycles. The number of hydrogen-bond acceptors (Lipinski definition) is 5. The van der Waals surface area contributed by atoms with Gasteiger partial charge in [-0.2, -0.15) is 8.42 Å². The van der Waals surface area contributed by atoms with Crippen LogP contribution in [0.4, 0.5) is 0 Å². The molecule has 0 radical (unpaired) electrons. The van der Waals surface area contributed by atoms with Gasteiger partial charge in [0.25, 0.3) is 16.0 Å². The summed E-state index contributed by atoms with van der Waals surface area (Å²) in [6, 6.07) is 12.6. The molecule has 0 aromatic heterocycles. The molecule has 1 N–H and O–H groups in total. The van der Waals surface area contributed by atoms with Crippen LogP contribution in [0, 0.1) is 0 Å². The van der Waals surface area contributed by atoms with Crippen molar-refractivity contribution in [3.05, 3.63) is 63.1 Å². The van der Waals surface area contributed by atoms with Gasteiger partial charge in [-0.1, -0.05) is 39.7 Å². The summed E-state index contributed by atoms with van der Waals surface area (Å²) >= 11 is 9.21. The number of nitrogens with zero attached hydrogens (tertiary/aromatic N) is 2. The van der Waals surface area contributed by atoms with Crippen LogP contribution in [-0.2, 0) is 27.2 Å². The number of amides is 1. The van der Waals surface area contributed by atoms with Gasteiger partial charge in [0.15, 0.2) is 6.61 Å². The van der Waals surface area contributed by atoms with Crippen molar-refractivity contribution in [3.63, 3.8) is 0 Å². The van der Waals surface area contributed by atoms with E-state index in [4.69, 9.17) is 20.9 Å². The maximum Gasteiger partial charge on any atom is 0.269 e. The van der Waals surface area contributed by atoms with Crippen molar-refractivity contribution in [1.82, 2.24) is 9.80 Å². The molecule has 0 aliphatic carbocycles. The lowest BCUT2D eigenvalue weighted by Crippen LogP contribution is -2.54. The molecule has 1 aliphatic heterocycles. The lowest BCUT2D eigenvalue weighted by molar-refractivity contribution is -0.138. The number of ether oxygens (including phenoxy) is 1. The van der Waals surface area contributed by atoms with Crippen LogP contribution >= 0.6 is 27.5 Å². The maximum absolute atomic E-state index is 12.7. The second-order valence-electron chi connectivity index (χ2n) is 7.56. The summed E-state index contributed by atoms with van der Waals surface area (Å²) in [5.41, 5.74) is 1.45. The third-order valence-corrected chi connectivity index (χ3v) is 6.48. The third-order valence-electron chi connectivity index (χ3n) is 5.06. The van der Waals surface area contributed by atoms with Gasteiger partial charge in [0.05, 0.1) is 0 Å². The Morgan fingerprint density at radius 1 is 1.23 bits per heavy atom. The predicted molar refractivity (Wildman–Crippen MR) is 123 cm³/mol. The van der Waals surface area contributed by atoms with Crippen LogP contribution in [-0.4, -0.2) is 61.0 Å². The van der Waals surface area contributed by atoms with Crippen LogP contribution < -0.4 is 4.74 Å². The molecule has 1 atom stereocenters. The molecule has 168 valence electrons. The molecule has 10 heteroatoms. The van der Waals surface area contributed by atoms with Crippen molar-refractivity contribution < 1.29 is 22.5 Å². The highest BCUT2D eigenvalue weighted by Gasteiger charge is 2.28. The molecule has 1 saturated heterocycles. The van der Waals surface area contributed by atoms with Gasteiger partial charge >= 0.3 is 0 Å². The van der Waals surface area contributed by atoms with Crippen LogP contribution in [0.5, 0.6) is 5.75 Å². The van der Waals surface area contributed by atoms with Crippen molar-refractivity contribution in [3.8, 4) is 5.75 Å². The van der Waals surface area contributed by atoms with Crippen molar-refractivity contribution in [2.24, 2.45) is 0 Å². The smallest absolute Gasteiger partial charge is 0.269 e. The number of rotatable bonds is 7. The zero-order valence-electron chi connectivity index (χ0n) is 17.0. The second kappa shape index (κ2) is 10.3. The lowest BCUT2D eigenvalue weighted by Gasteiger charge is -2.39. The summed E-state index contributed by atoms with van der Waals surface area (Å²) in [4.78, 5) is 16.8. The minimum absolute atomic E-state index is 0.0133. The number of carbonyl (C=O) groups is 1. The van der Waals surface area contributed by atoms with Crippen LogP contribution in [0.15, 0.2) is 46.9 Å². The van der Waals surface area contributed by atoms with E-state index in [1.807, 2.05) is 31.2 Å². The van der Waals surface area contributed by atoms with Gasteiger partial charge in [-0.05, 0) is 42.8 Å². The van der Waals surface area contributed by atoms with E-state index in [9.17, 15) is 13.2 Å². The standard InChI is InChI=1S/C21H24BrClN2O5S/c1-15-11-24(12-16-2-5-19(23)6-3-16)8-9-25(15)21(26)13-30-20-7-4-18(22)10-17(20)14-31(27,28)29/h2-7,10,15H,8-9,11-14H2,1H3,(H,27,28,29). The summed E-state index contributed by atoms with van der Waals surface area (Å²) in [5.74, 6) is -0.502. The molecule has 0 bridgehead atoms. The van der Waals surface area contributed by atoms with Gasteiger partial charge < -0.3 is 9.64 Å². The van der Waals surface area contributed by atoms with Gasteiger partial charge in [0, 0.05) is 47.3 Å². The van der Waals surface area contributed by atoms with E-state index in [1.165, 1.54) is 5.56 Å². The Labute approximate surface area is 195 Å². The predicted octanol–water partition coefficient (Wildman–Crippen LogP) is 3.60. The first-order valence-electron chi connectivity index (χ1n) is 9.73. The first kappa shape index (κ1) is 24.0. The monoisotopic (exact) mass is 530 g/mol. The van der Waals surface area contributed by atoms with Crippen molar-refractivity contribution in [2.75, 3.05) is 26.2 Å². The molecule has 1 fully saturated rings. The van der Waals surface area contributed by atoms with E-state index in [0.717, 1.165) is 19.6 Å². The number of piperazine rings is 1. The number of benzene rings is 2. The van der Waals surface area contributed by atoms with Gasteiger partial charge in [0.2, 0.25) is 0 Å². The van der Waals surface area contributed by atoms with E-state index in [1.54, 1.807) is 23.1 Å². The summed E-state index contributed by atoms with van der Waals surface area (Å²) in [6.07, 6.45) is 0. The lowest BCUT2D eigenvalue weighted by atomic mass is 10.1.